The van der Waals surface area contributed by atoms with E-state index >= 15 is 0 Å². The summed E-state index contributed by atoms with van der Waals surface area (Å²) < 4.78 is 5.83. The molecular weight excluding hydrogens is 210 g/mol. The van der Waals surface area contributed by atoms with E-state index in [0.717, 1.165) is 31.0 Å². The van der Waals surface area contributed by atoms with Gasteiger partial charge in [0.1, 0.15) is 5.82 Å². The Morgan fingerprint density at radius 1 is 1.53 bits per heavy atom. The average molecular weight is 223 g/mol. The lowest BCUT2D eigenvalue weighted by Crippen LogP contribution is -2.18. The van der Waals surface area contributed by atoms with E-state index in [1.54, 1.807) is 0 Å². The largest absolute Gasteiger partial charge is 0.338 e. The molecule has 5 nitrogen and oxygen atoms in total. The number of nitrogens with zero attached hydrogens (tertiary/aromatic N) is 4. The second-order valence-corrected chi connectivity index (χ2v) is 3.89. The lowest BCUT2D eigenvalue weighted by atomic mass is 10.4. The highest BCUT2D eigenvalue weighted by Crippen LogP contribution is 1.97. The van der Waals surface area contributed by atoms with Crippen molar-refractivity contribution in [1.82, 2.24) is 24.5 Å². The Kier molecular flexibility index (Phi) is 3.41. The third kappa shape index (κ3) is 2.84. The molecule has 0 aliphatic carbocycles. The van der Waals surface area contributed by atoms with Gasteiger partial charge in [-0.25, -0.2) is 4.98 Å². The van der Waals surface area contributed by atoms with Gasteiger partial charge in [-0.1, -0.05) is 4.49 Å². The Morgan fingerprint density at radius 3 is 3.13 bits per heavy atom. The van der Waals surface area contributed by atoms with Crippen molar-refractivity contribution in [1.29, 1.82) is 0 Å². The van der Waals surface area contributed by atoms with E-state index in [2.05, 4.69) is 19.9 Å². The molecule has 0 fully saturated rings. The van der Waals surface area contributed by atoms with Crippen molar-refractivity contribution in [2.45, 2.75) is 13.0 Å². The molecule has 0 spiro atoms. The van der Waals surface area contributed by atoms with E-state index in [1.807, 2.05) is 29.4 Å². The molecule has 6 heteroatoms. The summed E-state index contributed by atoms with van der Waals surface area (Å²) in [7, 11) is 2.01. The molecule has 0 radical (unpaired) electrons. The van der Waals surface area contributed by atoms with Gasteiger partial charge in [-0.15, -0.1) is 5.10 Å². The summed E-state index contributed by atoms with van der Waals surface area (Å²) in [5.41, 5.74) is 1.000. The van der Waals surface area contributed by atoms with Gasteiger partial charge in [-0.05, 0) is 11.5 Å². The number of aromatic nitrogens is 4. The third-order valence-electron chi connectivity index (χ3n) is 2.16. The zero-order valence-corrected chi connectivity index (χ0v) is 9.37. The zero-order chi connectivity index (χ0) is 10.5. The third-order valence-corrected chi connectivity index (χ3v) is 2.71. The van der Waals surface area contributed by atoms with Crippen LogP contribution in [0.25, 0.3) is 0 Å². The normalized spacial score (nSPS) is 10.7. The van der Waals surface area contributed by atoms with Gasteiger partial charge >= 0.3 is 0 Å². The molecule has 15 heavy (non-hydrogen) atoms. The van der Waals surface area contributed by atoms with Crippen molar-refractivity contribution in [2.75, 3.05) is 6.54 Å². The molecule has 0 saturated carbocycles. The summed E-state index contributed by atoms with van der Waals surface area (Å²) >= 11 is 1.38. The molecule has 2 rings (SSSR count). The average Bonchev–Trinajstić information content (AvgIpc) is 2.85. The molecule has 2 aromatic heterocycles. The highest BCUT2D eigenvalue weighted by Gasteiger charge is 1.99. The van der Waals surface area contributed by atoms with Crippen LogP contribution in [0.4, 0.5) is 0 Å². The fraction of sp³-hybridized carbons (Fsp3) is 0.444. The summed E-state index contributed by atoms with van der Waals surface area (Å²) in [5, 5.41) is 9.21. The predicted molar refractivity (Wildman–Crippen MR) is 58.5 cm³/mol. The number of hydrogen-bond donors (Lipinski definition) is 1. The van der Waals surface area contributed by atoms with Crippen LogP contribution in [-0.2, 0) is 20.0 Å². The lowest BCUT2D eigenvalue weighted by molar-refractivity contribution is 0.645. The molecule has 0 aliphatic rings. The Balaban J connectivity index is 1.70. The number of aryl methyl sites for hydroxylation is 1. The minimum Gasteiger partial charge on any atom is -0.338 e. The van der Waals surface area contributed by atoms with E-state index < -0.39 is 0 Å². The predicted octanol–water partition coefficient (Wildman–Crippen LogP) is 0.604. The quantitative estimate of drug-likeness (QED) is 0.754. The van der Waals surface area contributed by atoms with Crippen LogP contribution >= 0.6 is 11.5 Å². The lowest BCUT2D eigenvalue weighted by Gasteiger charge is -2.02. The maximum atomic E-state index is 4.25. The van der Waals surface area contributed by atoms with Crippen molar-refractivity contribution in [3.8, 4) is 0 Å². The maximum absolute atomic E-state index is 4.25. The van der Waals surface area contributed by atoms with E-state index in [4.69, 9.17) is 0 Å². The number of nitrogens with one attached hydrogen (secondary N) is 1. The fourth-order valence-electron chi connectivity index (χ4n) is 1.32. The zero-order valence-electron chi connectivity index (χ0n) is 8.55. The molecular formula is C9H13N5S. The molecule has 0 atom stereocenters. The number of hydrogen-bond acceptors (Lipinski definition) is 5. The van der Waals surface area contributed by atoms with Crippen molar-refractivity contribution in [2.24, 2.45) is 7.05 Å². The summed E-state index contributed by atoms with van der Waals surface area (Å²) in [6.45, 7) is 1.68. The van der Waals surface area contributed by atoms with Gasteiger partial charge in [-0.3, -0.25) is 0 Å². The Labute approximate surface area is 92.3 Å². The highest BCUT2D eigenvalue weighted by atomic mass is 32.1. The van der Waals surface area contributed by atoms with Crippen molar-refractivity contribution >= 4 is 11.5 Å². The molecule has 0 aliphatic heterocycles. The van der Waals surface area contributed by atoms with Crippen molar-refractivity contribution < 1.29 is 0 Å². The van der Waals surface area contributed by atoms with E-state index in [-0.39, 0.29) is 0 Å². The minimum absolute atomic E-state index is 0.779. The van der Waals surface area contributed by atoms with Gasteiger partial charge in [0.2, 0.25) is 0 Å². The highest BCUT2D eigenvalue weighted by molar-refractivity contribution is 7.03. The van der Waals surface area contributed by atoms with Gasteiger partial charge in [0.15, 0.2) is 0 Å². The first-order valence-corrected chi connectivity index (χ1v) is 5.63. The number of rotatable bonds is 5. The van der Waals surface area contributed by atoms with Crippen LogP contribution in [0.2, 0.25) is 0 Å². The van der Waals surface area contributed by atoms with E-state index in [1.165, 1.54) is 11.5 Å². The molecule has 0 amide bonds. The summed E-state index contributed by atoms with van der Waals surface area (Å²) in [6.07, 6.45) is 4.71. The van der Waals surface area contributed by atoms with Crippen LogP contribution in [0.5, 0.6) is 0 Å². The molecule has 0 aromatic carbocycles. The van der Waals surface area contributed by atoms with Gasteiger partial charge in [0.25, 0.3) is 0 Å². The van der Waals surface area contributed by atoms with Gasteiger partial charge in [0, 0.05) is 44.3 Å². The van der Waals surface area contributed by atoms with Crippen LogP contribution in [0.15, 0.2) is 17.8 Å². The maximum Gasteiger partial charge on any atom is 0.109 e. The molecule has 0 saturated heterocycles. The van der Waals surface area contributed by atoms with Crippen LogP contribution < -0.4 is 5.32 Å². The topological polar surface area (TPSA) is 55.6 Å². The standard InChI is InChI=1S/C9H13N5S/c1-14-5-4-11-9(14)2-3-10-6-8-7-15-13-12-8/h4-5,7,10H,2-3,6H2,1H3. The van der Waals surface area contributed by atoms with Crippen LogP contribution in [0, 0.1) is 0 Å². The Hall–Kier alpha value is -1.27. The number of imidazole rings is 1. The van der Waals surface area contributed by atoms with Crippen LogP contribution in [-0.4, -0.2) is 25.7 Å². The summed E-state index contributed by atoms with van der Waals surface area (Å²) in [6, 6.07) is 0. The smallest absolute Gasteiger partial charge is 0.109 e. The summed E-state index contributed by atoms with van der Waals surface area (Å²) in [4.78, 5) is 4.25. The Bertz CT molecular complexity index is 394. The van der Waals surface area contributed by atoms with Gasteiger partial charge in [-0.2, -0.15) is 0 Å². The second-order valence-electron chi connectivity index (χ2n) is 3.28. The van der Waals surface area contributed by atoms with E-state index in [0.29, 0.717) is 0 Å². The van der Waals surface area contributed by atoms with E-state index in [9.17, 15) is 0 Å². The Morgan fingerprint density at radius 2 is 2.47 bits per heavy atom. The first-order valence-electron chi connectivity index (χ1n) is 4.79. The molecule has 0 bridgehead atoms. The van der Waals surface area contributed by atoms with Crippen LogP contribution in [0.1, 0.15) is 11.5 Å². The first kappa shape index (κ1) is 10.3. The second kappa shape index (κ2) is 4.99. The molecule has 1 N–H and O–H groups in total. The van der Waals surface area contributed by atoms with Gasteiger partial charge < -0.3 is 9.88 Å². The SMILES string of the molecule is Cn1ccnc1CCNCc1csnn1. The fourth-order valence-corrected chi connectivity index (χ4v) is 1.77. The summed E-state index contributed by atoms with van der Waals surface area (Å²) in [5.74, 6) is 1.10. The van der Waals surface area contributed by atoms with Crippen LogP contribution in [0.3, 0.4) is 0 Å². The molecule has 2 heterocycles. The monoisotopic (exact) mass is 223 g/mol. The first-order chi connectivity index (χ1) is 7.36. The molecule has 0 unspecified atom stereocenters. The van der Waals surface area contributed by atoms with Crippen molar-refractivity contribution in [3.05, 3.63) is 29.3 Å². The molecule has 2 aromatic rings. The van der Waals surface area contributed by atoms with Crippen molar-refractivity contribution in [3.63, 3.8) is 0 Å². The molecule has 80 valence electrons. The minimum atomic E-state index is 0.779. The van der Waals surface area contributed by atoms with Gasteiger partial charge in [0.05, 0.1) is 5.69 Å².